The second kappa shape index (κ2) is 8.02. The number of aromatic nitrogens is 1. The van der Waals surface area contributed by atoms with E-state index in [1.807, 2.05) is 13.0 Å². The van der Waals surface area contributed by atoms with Gasteiger partial charge >= 0.3 is 6.09 Å². The van der Waals surface area contributed by atoms with E-state index in [4.69, 9.17) is 14.5 Å². The number of nitrogens with zero attached hydrogens (tertiary/aromatic N) is 2. The largest absolute Gasteiger partial charge is 0.412 e. The Balaban J connectivity index is 1.45. The number of carbonyl (C=O) groups excluding carboxylic acids is 1. The summed E-state index contributed by atoms with van der Waals surface area (Å²) in [7, 11) is 0. The van der Waals surface area contributed by atoms with Gasteiger partial charge < -0.3 is 24.8 Å². The van der Waals surface area contributed by atoms with Crippen molar-refractivity contribution in [1.82, 2.24) is 10.3 Å². The number of rotatable bonds is 5. The Hall–Kier alpha value is -1.86. The molecule has 3 fully saturated rings. The maximum absolute atomic E-state index is 12.3. The number of nitrogens with one attached hydrogen (secondary N) is 1. The van der Waals surface area contributed by atoms with Crippen LogP contribution in [0.3, 0.4) is 0 Å². The topological polar surface area (TPSA) is 83.9 Å². The Morgan fingerprint density at radius 1 is 1.33 bits per heavy atom. The lowest BCUT2D eigenvalue weighted by Crippen LogP contribution is -2.37. The predicted molar refractivity (Wildman–Crippen MR) is 101 cm³/mol. The predicted octanol–water partition coefficient (Wildman–Crippen LogP) is 2.35. The molecule has 3 aliphatic rings. The molecule has 1 aromatic rings. The van der Waals surface area contributed by atoms with E-state index in [2.05, 4.69) is 10.2 Å². The minimum Gasteiger partial charge on any atom is -0.408 e. The number of aryl methyl sites for hydroxylation is 1. The van der Waals surface area contributed by atoms with Crippen molar-refractivity contribution in [2.45, 2.75) is 51.0 Å². The Bertz CT molecular complexity index is 686. The van der Waals surface area contributed by atoms with E-state index >= 15 is 0 Å². The fourth-order valence-electron chi connectivity index (χ4n) is 3.99. The van der Waals surface area contributed by atoms with Crippen LogP contribution in [-0.4, -0.2) is 55.1 Å². The third-order valence-electron chi connectivity index (χ3n) is 5.79. The van der Waals surface area contributed by atoms with Gasteiger partial charge in [0.25, 0.3) is 0 Å². The molecule has 7 nitrogen and oxygen atoms in total. The molecule has 148 valence electrons. The number of aliphatic hydroxyl groups excluding tert-OH is 1. The fraction of sp³-hybridized carbons (Fsp3) is 0.700. The van der Waals surface area contributed by atoms with E-state index in [0.717, 1.165) is 62.3 Å². The highest BCUT2D eigenvalue weighted by atomic mass is 16.6. The van der Waals surface area contributed by atoms with Crippen molar-refractivity contribution >= 4 is 11.9 Å². The third-order valence-corrected chi connectivity index (χ3v) is 5.79. The Morgan fingerprint density at radius 2 is 2.11 bits per heavy atom. The average molecular weight is 375 g/mol. The van der Waals surface area contributed by atoms with Crippen molar-refractivity contribution in [3.63, 3.8) is 0 Å². The fourth-order valence-corrected chi connectivity index (χ4v) is 3.99. The van der Waals surface area contributed by atoms with Crippen molar-refractivity contribution < 1.29 is 19.4 Å². The van der Waals surface area contributed by atoms with Crippen LogP contribution < -0.4 is 15.0 Å². The lowest BCUT2D eigenvalue weighted by molar-refractivity contribution is 0.122. The summed E-state index contributed by atoms with van der Waals surface area (Å²) < 4.78 is 11.1. The third kappa shape index (κ3) is 4.35. The summed E-state index contributed by atoms with van der Waals surface area (Å²) in [5.74, 6) is 2.05. The zero-order chi connectivity index (χ0) is 18.8. The van der Waals surface area contributed by atoms with Crippen LogP contribution in [0.4, 0.5) is 10.6 Å². The van der Waals surface area contributed by atoms with Gasteiger partial charge in [-0.2, -0.15) is 0 Å². The number of morpholine rings is 1. The molecule has 2 aliphatic carbocycles. The molecule has 2 atom stereocenters. The number of anilines is 1. The average Bonchev–Trinajstić information content (AvgIpc) is 3.44. The minimum atomic E-state index is -0.458. The normalized spacial score (nSPS) is 25.5. The van der Waals surface area contributed by atoms with E-state index in [1.54, 1.807) is 0 Å². The molecule has 0 aromatic carbocycles. The Morgan fingerprint density at radius 3 is 2.78 bits per heavy atom. The van der Waals surface area contributed by atoms with E-state index in [9.17, 15) is 9.90 Å². The zero-order valence-corrected chi connectivity index (χ0v) is 15.9. The van der Waals surface area contributed by atoms with Crippen molar-refractivity contribution in [3.8, 4) is 5.75 Å². The first-order chi connectivity index (χ1) is 13.1. The molecule has 2 unspecified atom stereocenters. The van der Waals surface area contributed by atoms with Crippen LogP contribution in [0.15, 0.2) is 6.07 Å². The summed E-state index contributed by atoms with van der Waals surface area (Å²) >= 11 is 0. The smallest absolute Gasteiger partial charge is 0.408 e. The SMILES string of the molecule is Cc1cc(N2CCOCC2)nc(C2CC2)c1OC(=O)NCC1CCCC1O. The number of carbonyl (C=O) groups is 1. The van der Waals surface area contributed by atoms with Gasteiger partial charge in [0.1, 0.15) is 5.82 Å². The molecule has 1 aromatic heterocycles. The van der Waals surface area contributed by atoms with Crippen LogP contribution >= 0.6 is 0 Å². The second-order valence-electron chi connectivity index (χ2n) is 7.91. The monoisotopic (exact) mass is 375 g/mol. The number of hydrogen-bond acceptors (Lipinski definition) is 6. The molecule has 0 spiro atoms. The summed E-state index contributed by atoms with van der Waals surface area (Å²) in [6, 6.07) is 2.00. The molecule has 4 rings (SSSR count). The first-order valence-corrected chi connectivity index (χ1v) is 10.1. The number of hydrogen-bond donors (Lipinski definition) is 2. The van der Waals surface area contributed by atoms with Gasteiger partial charge in [-0.25, -0.2) is 9.78 Å². The van der Waals surface area contributed by atoms with Crippen LogP contribution in [-0.2, 0) is 4.74 Å². The molecule has 1 amide bonds. The number of aliphatic hydroxyl groups is 1. The van der Waals surface area contributed by atoms with Gasteiger partial charge in [0.2, 0.25) is 0 Å². The van der Waals surface area contributed by atoms with E-state index in [0.29, 0.717) is 31.4 Å². The van der Waals surface area contributed by atoms with Crippen molar-refractivity contribution in [1.29, 1.82) is 0 Å². The molecule has 2 heterocycles. The van der Waals surface area contributed by atoms with Crippen molar-refractivity contribution in [2.24, 2.45) is 5.92 Å². The van der Waals surface area contributed by atoms with E-state index in [1.165, 1.54) is 0 Å². The zero-order valence-electron chi connectivity index (χ0n) is 15.9. The quantitative estimate of drug-likeness (QED) is 0.822. The van der Waals surface area contributed by atoms with Crippen LogP contribution in [0.25, 0.3) is 0 Å². The lowest BCUT2D eigenvalue weighted by atomic mass is 10.1. The molecule has 2 N–H and O–H groups in total. The maximum atomic E-state index is 12.3. The summed E-state index contributed by atoms with van der Waals surface area (Å²) in [6.07, 6.45) is 4.18. The van der Waals surface area contributed by atoms with Crippen LogP contribution in [0.1, 0.15) is 49.3 Å². The standard InChI is InChI=1S/C20H29N3O4/c1-13-11-17(23-7-9-26-10-8-23)22-18(14-5-6-14)19(13)27-20(25)21-12-15-3-2-4-16(15)24/h11,14-16,24H,2-10,12H2,1H3,(H,21,25). The van der Waals surface area contributed by atoms with E-state index in [-0.39, 0.29) is 12.0 Å². The summed E-state index contributed by atoms with van der Waals surface area (Å²) in [6.45, 7) is 5.53. The van der Waals surface area contributed by atoms with Crippen LogP contribution in [0.2, 0.25) is 0 Å². The summed E-state index contributed by atoms with van der Waals surface area (Å²) in [4.78, 5) is 19.4. The van der Waals surface area contributed by atoms with E-state index < -0.39 is 6.09 Å². The highest BCUT2D eigenvalue weighted by Gasteiger charge is 2.32. The molecule has 0 bridgehead atoms. The second-order valence-corrected chi connectivity index (χ2v) is 7.91. The van der Waals surface area contributed by atoms with Crippen molar-refractivity contribution in [2.75, 3.05) is 37.7 Å². The number of ether oxygens (including phenoxy) is 2. The molecule has 0 radical (unpaired) electrons. The van der Waals surface area contributed by atoms with Crippen LogP contribution in [0, 0.1) is 12.8 Å². The van der Waals surface area contributed by atoms with Gasteiger partial charge in [0, 0.05) is 31.5 Å². The molecule has 7 heteroatoms. The highest BCUT2D eigenvalue weighted by molar-refractivity contribution is 5.71. The summed E-state index contributed by atoms with van der Waals surface area (Å²) in [5.41, 5.74) is 1.83. The van der Waals surface area contributed by atoms with Gasteiger partial charge in [0.15, 0.2) is 5.75 Å². The lowest BCUT2D eigenvalue weighted by Gasteiger charge is -2.29. The highest BCUT2D eigenvalue weighted by Crippen LogP contribution is 2.45. The first kappa shape index (κ1) is 18.5. The van der Waals surface area contributed by atoms with Gasteiger partial charge in [0.05, 0.1) is 25.0 Å². The molecule has 1 aliphatic heterocycles. The summed E-state index contributed by atoms with van der Waals surface area (Å²) in [5, 5.41) is 12.7. The minimum absolute atomic E-state index is 0.128. The van der Waals surface area contributed by atoms with Gasteiger partial charge in [-0.15, -0.1) is 0 Å². The Labute approximate surface area is 160 Å². The number of amides is 1. The first-order valence-electron chi connectivity index (χ1n) is 10.1. The maximum Gasteiger partial charge on any atom is 0.412 e. The Kier molecular flexibility index (Phi) is 5.50. The molecule has 27 heavy (non-hydrogen) atoms. The molecular weight excluding hydrogens is 346 g/mol. The van der Waals surface area contributed by atoms with Crippen molar-refractivity contribution in [3.05, 3.63) is 17.3 Å². The van der Waals surface area contributed by atoms with Gasteiger partial charge in [-0.3, -0.25) is 0 Å². The van der Waals surface area contributed by atoms with Gasteiger partial charge in [-0.05, 0) is 44.2 Å². The molecule has 2 saturated carbocycles. The molecular formula is C20H29N3O4. The van der Waals surface area contributed by atoms with Gasteiger partial charge in [-0.1, -0.05) is 6.42 Å². The number of pyridine rings is 1. The van der Waals surface area contributed by atoms with Crippen LogP contribution in [0.5, 0.6) is 5.75 Å². The molecule has 1 saturated heterocycles.